The Morgan fingerprint density at radius 3 is 2.27 bits per heavy atom. The van der Waals surface area contributed by atoms with Gasteiger partial charge in [0.15, 0.2) is 0 Å². The molecule has 1 aromatic carbocycles. The maximum Gasteiger partial charge on any atom is 0.108 e. The maximum absolute atomic E-state index is 8.96. The molecule has 0 aliphatic carbocycles. The molecule has 0 bridgehead atoms. The zero-order valence-corrected chi connectivity index (χ0v) is 10.1. The van der Waals surface area contributed by atoms with Crippen molar-refractivity contribution >= 4 is 21.6 Å². The summed E-state index contributed by atoms with van der Waals surface area (Å²) in [4.78, 5) is 0. The van der Waals surface area contributed by atoms with Crippen LogP contribution in [-0.2, 0) is 0 Å². The smallest absolute Gasteiger partial charge is 0.108 e. The molecule has 5 heteroatoms. The Morgan fingerprint density at radius 2 is 1.87 bits per heavy atom. The molecule has 1 rings (SSSR count). The average molecular weight is 273 g/mol. The monoisotopic (exact) mass is 272 g/mol. The van der Waals surface area contributed by atoms with Crippen LogP contribution in [0.25, 0.3) is 0 Å². The number of benzene rings is 1. The van der Waals surface area contributed by atoms with Gasteiger partial charge in [-0.15, -0.1) is 0 Å². The summed E-state index contributed by atoms with van der Waals surface area (Å²) in [6, 6.07) is 7.29. The third kappa shape index (κ3) is 2.77. The summed E-state index contributed by atoms with van der Waals surface area (Å²) < 4.78 is 0.943. The molecule has 0 aliphatic rings. The van der Waals surface area contributed by atoms with Crippen molar-refractivity contribution in [2.24, 2.45) is 5.16 Å². The zero-order valence-electron chi connectivity index (χ0n) is 8.53. The summed E-state index contributed by atoms with van der Waals surface area (Å²) in [5, 5.41) is 21.1. The van der Waals surface area contributed by atoms with Crippen LogP contribution in [0.3, 0.4) is 0 Å². The van der Waals surface area contributed by atoms with E-state index in [1.54, 1.807) is 26.0 Å². The molecule has 0 saturated carbocycles. The predicted octanol–water partition coefficient (Wildman–Crippen LogP) is 2.38. The Labute approximate surface area is 96.7 Å². The third-order valence-electron chi connectivity index (χ3n) is 2.09. The third-order valence-corrected chi connectivity index (χ3v) is 2.62. The van der Waals surface area contributed by atoms with E-state index in [-0.39, 0.29) is 0 Å². The molecule has 1 aromatic rings. The summed E-state index contributed by atoms with van der Waals surface area (Å²) in [6.45, 7) is 3.42. The van der Waals surface area contributed by atoms with Gasteiger partial charge in [0.05, 0.1) is 5.54 Å². The fourth-order valence-electron chi connectivity index (χ4n) is 1.20. The highest BCUT2D eigenvalue weighted by Crippen LogP contribution is 2.16. The molecule has 0 atom stereocenters. The molecule has 0 saturated heterocycles. The van der Waals surface area contributed by atoms with Crippen LogP contribution in [0.4, 0.5) is 0 Å². The average Bonchev–Trinajstić information content (AvgIpc) is 2.22. The van der Waals surface area contributed by atoms with Crippen molar-refractivity contribution in [1.29, 1.82) is 0 Å². The number of nitrogens with one attached hydrogen (secondary N) is 1. The molecular formula is C10H13BrN2O2. The van der Waals surface area contributed by atoms with E-state index in [2.05, 4.69) is 26.6 Å². The number of halogens is 1. The second-order valence-electron chi connectivity index (χ2n) is 3.69. The highest BCUT2D eigenvalue weighted by atomic mass is 79.9. The minimum Gasteiger partial charge on any atom is -0.411 e. The SMILES string of the molecule is CC(C)(NO)/C(=N\O)c1ccc(Br)cc1. The second-order valence-corrected chi connectivity index (χ2v) is 4.61. The molecule has 0 amide bonds. The summed E-state index contributed by atoms with van der Waals surface area (Å²) in [5.74, 6) is 0. The van der Waals surface area contributed by atoms with E-state index in [1.165, 1.54) is 0 Å². The number of rotatable bonds is 3. The van der Waals surface area contributed by atoms with Crippen LogP contribution >= 0.6 is 15.9 Å². The highest BCUT2D eigenvalue weighted by Gasteiger charge is 2.26. The maximum atomic E-state index is 8.96. The van der Waals surface area contributed by atoms with E-state index in [1.807, 2.05) is 12.1 Å². The van der Waals surface area contributed by atoms with E-state index in [9.17, 15) is 0 Å². The molecular weight excluding hydrogens is 260 g/mol. The van der Waals surface area contributed by atoms with Gasteiger partial charge < -0.3 is 10.4 Å². The van der Waals surface area contributed by atoms with Crippen LogP contribution in [0.15, 0.2) is 33.9 Å². The number of oxime groups is 1. The van der Waals surface area contributed by atoms with E-state index >= 15 is 0 Å². The highest BCUT2D eigenvalue weighted by molar-refractivity contribution is 9.10. The number of hydrogen-bond acceptors (Lipinski definition) is 4. The van der Waals surface area contributed by atoms with Crippen LogP contribution in [0.2, 0.25) is 0 Å². The van der Waals surface area contributed by atoms with Crippen molar-refractivity contribution in [3.8, 4) is 0 Å². The van der Waals surface area contributed by atoms with Crippen molar-refractivity contribution in [1.82, 2.24) is 5.48 Å². The summed E-state index contributed by atoms with van der Waals surface area (Å²) in [5.41, 5.74) is 2.42. The Balaban J connectivity index is 3.10. The Hall–Kier alpha value is -0.910. The van der Waals surface area contributed by atoms with Gasteiger partial charge in [-0.25, -0.2) is 0 Å². The van der Waals surface area contributed by atoms with Crippen molar-refractivity contribution in [3.63, 3.8) is 0 Å². The van der Waals surface area contributed by atoms with Crippen molar-refractivity contribution in [3.05, 3.63) is 34.3 Å². The standard InChI is InChI=1S/C10H13BrN2O2/c1-10(2,13-15)9(12-14)7-3-5-8(11)6-4-7/h3-6,13-15H,1-2H3/b12-9-. The van der Waals surface area contributed by atoms with E-state index in [4.69, 9.17) is 10.4 Å². The molecule has 0 unspecified atom stereocenters. The fourth-order valence-corrected chi connectivity index (χ4v) is 1.47. The van der Waals surface area contributed by atoms with Crippen LogP contribution < -0.4 is 5.48 Å². The quantitative estimate of drug-likeness (QED) is 0.450. The zero-order chi connectivity index (χ0) is 11.5. The minimum atomic E-state index is -0.803. The Morgan fingerprint density at radius 1 is 1.33 bits per heavy atom. The van der Waals surface area contributed by atoms with Gasteiger partial charge in [-0.1, -0.05) is 33.2 Å². The van der Waals surface area contributed by atoms with Crippen LogP contribution in [-0.4, -0.2) is 21.7 Å². The fraction of sp³-hybridized carbons (Fsp3) is 0.300. The first kappa shape index (κ1) is 12.2. The van der Waals surface area contributed by atoms with Crippen LogP contribution in [0.5, 0.6) is 0 Å². The van der Waals surface area contributed by atoms with Gasteiger partial charge in [-0.2, -0.15) is 5.48 Å². The normalized spacial score (nSPS) is 12.9. The molecule has 82 valence electrons. The first-order valence-electron chi connectivity index (χ1n) is 4.41. The molecule has 0 aliphatic heterocycles. The van der Waals surface area contributed by atoms with Crippen molar-refractivity contribution in [2.45, 2.75) is 19.4 Å². The van der Waals surface area contributed by atoms with E-state index in [0.29, 0.717) is 5.71 Å². The first-order chi connectivity index (χ1) is 7.01. The van der Waals surface area contributed by atoms with Crippen LogP contribution in [0.1, 0.15) is 19.4 Å². The summed E-state index contributed by atoms with van der Waals surface area (Å²) in [7, 11) is 0. The van der Waals surface area contributed by atoms with Gasteiger partial charge in [0.25, 0.3) is 0 Å². The number of hydrogen-bond donors (Lipinski definition) is 3. The minimum absolute atomic E-state index is 0.373. The summed E-state index contributed by atoms with van der Waals surface area (Å²) >= 11 is 3.32. The van der Waals surface area contributed by atoms with E-state index < -0.39 is 5.54 Å². The lowest BCUT2D eigenvalue weighted by Gasteiger charge is -2.23. The molecule has 3 N–H and O–H groups in total. The van der Waals surface area contributed by atoms with Crippen molar-refractivity contribution < 1.29 is 10.4 Å². The molecule has 4 nitrogen and oxygen atoms in total. The molecule has 0 spiro atoms. The van der Waals surface area contributed by atoms with Gasteiger partial charge in [0, 0.05) is 10.0 Å². The first-order valence-corrected chi connectivity index (χ1v) is 5.20. The van der Waals surface area contributed by atoms with Gasteiger partial charge in [0.2, 0.25) is 0 Å². The number of hydroxylamine groups is 1. The van der Waals surface area contributed by atoms with Crippen molar-refractivity contribution in [2.75, 3.05) is 0 Å². The Bertz CT molecular complexity index is 360. The Kier molecular flexibility index (Phi) is 3.84. The second kappa shape index (κ2) is 4.74. The lowest BCUT2D eigenvalue weighted by atomic mass is 9.93. The van der Waals surface area contributed by atoms with Crippen LogP contribution in [0, 0.1) is 0 Å². The molecule has 0 fully saturated rings. The molecule has 0 radical (unpaired) electrons. The van der Waals surface area contributed by atoms with Gasteiger partial charge in [-0.3, -0.25) is 0 Å². The largest absolute Gasteiger partial charge is 0.411 e. The summed E-state index contributed by atoms with van der Waals surface area (Å²) in [6.07, 6.45) is 0. The van der Waals surface area contributed by atoms with Gasteiger partial charge in [0.1, 0.15) is 5.71 Å². The predicted molar refractivity (Wildman–Crippen MR) is 61.5 cm³/mol. The molecule has 0 aromatic heterocycles. The number of nitrogens with zero attached hydrogens (tertiary/aromatic N) is 1. The molecule has 0 heterocycles. The van der Waals surface area contributed by atoms with Gasteiger partial charge >= 0.3 is 0 Å². The molecule has 15 heavy (non-hydrogen) atoms. The van der Waals surface area contributed by atoms with Gasteiger partial charge in [-0.05, 0) is 26.0 Å². The van der Waals surface area contributed by atoms with E-state index in [0.717, 1.165) is 10.0 Å². The lowest BCUT2D eigenvalue weighted by Crippen LogP contribution is -2.45. The topological polar surface area (TPSA) is 64.8 Å². The lowest BCUT2D eigenvalue weighted by molar-refractivity contribution is 0.113.